The third kappa shape index (κ3) is 3.73. The molecule has 1 unspecified atom stereocenters. The quantitative estimate of drug-likeness (QED) is 0.824. The van der Waals surface area contributed by atoms with E-state index in [1.165, 1.54) is 0 Å². The minimum Gasteiger partial charge on any atom is -0.398 e. The second-order valence-corrected chi connectivity index (χ2v) is 6.15. The lowest BCUT2D eigenvalue weighted by Crippen LogP contribution is -2.41. The lowest BCUT2D eigenvalue weighted by molar-refractivity contribution is 0.0910. The molecule has 4 heteroatoms. The normalized spacial score (nSPS) is 13.2. The summed E-state index contributed by atoms with van der Waals surface area (Å²) in [6.07, 6.45) is 0. The van der Waals surface area contributed by atoms with Crippen molar-refractivity contribution in [1.82, 2.24) is 5.32 Å². The van der Waals surface area contributed by atoms with Gasteiger partial charge in [0.2, 0.25) is 0 Å². The summed E-state index contributed by atoms with van der Waals surface area (Å²) in [5.74, 6) is -0.0911. The van der Waals surface area contributed by atoms with Crippen LogP contribution in [0.4, 0.5) is 5.69 Å². The molecule has 0 saturated carbocycles. The Labute approximate surface area is 111 Å². The molecule has 1 aromatic rings. The molecule has 0 saturated heterocycles. The van der Waals surface area contributed by atoms with Gasteiger partial charge in [0.1, 0.15) is 0 Å². The van der Waals surface area contributed by atoms with E-state index in [4.69, 9.17) is 5.73 Å². The number of nitrogen functional groups attached to an aromatic ring is 1. The first-order valence-corrected chi connectivity index (χ1v) is 6.37. The number of hydrogen-bond donors (Lipinski definition) is 2. The van der Waals surface area contributed by atoms with Gasteiger partial charge in [-0.1, -0.05) is 20.8 Å². The van der Waals surface area contributed by atoms with E-state index in [0.717, 1.165) is 4.47 Å². The largest absolute Gasteiger partial charge is 0.398 e. The summed E-state index contributed by atoms with van der Waals surface area (Å²) in [6.45, 7) is 8.27. The zero-order chi connectivity index (χ0) is 13.2. The number of nitrogens with one attached hydrogen (secondary N) is 1. The topological polar surface area (TPSA) is 55.1 Å². The second kappa shape index (κ2) is 5.08. The van der Waals surface area contributed by atoms with Crippen molar-refractivity contribution in [2.75, 3.05) is 5.73 Å². The van der Waals surface area contributed by atoms with Crippen molar-refractivity contribution in [2.45, 2.75) is 33.7 Å². The number of benzene rings is 1. The van der Waals surface area contributed by atoms with E-state index in [0.29, 0.717) is 11.3 Å². The minimum atomic E-state index is -0.0911. The Hall–Kier alpha value is -1.03. The number of anilines is 1. The van der Waals surface area contributed by atoms with Gasteiger partial charge in [0.15, 0.2) is 0 Å². The zero-order valence-corrected chi connectivity index (χ0v) is 12.3. The molecule has 3 nitrogen and oxygen atoms in total. The summed E-state index contributed by atoms with van der Waals surface area (Å²) in [5.41, 5.74) is 6.94. The van der Waals surface area contributed by atoms with Crippen LogP contribution in [0.5, 0.6) is 0 Å². The van der Waals surface area contributed by atoms with E-state index in [1.54, 1.807) is 18.2 Å². The monoisotopic (exact) mass is 298 g/mol. The van der Waals surface area contributed by atoms with Crippen molar-refractivity contribution in [3.63, 3.8) is 0 Å². The molecule has 1 amide bonds. The first-order valence-electron chi connectivity index (χ1n) is 5.57. The standard InChI is InChI=1S/C13H19BrN2O/c1-8(13(2,3)4)16-12(17)9-5-6-10(14)11(15)7-9/h5-8H,15H2,1-4H3,(H,16,17). The van der Waals surface area contributed by atoms with Crippen LogP contribution >= 0.6 is 15.9 Å². The van der Waals surface area contributed by atoms with Crippen LogP contribution in [0.2, 0.25) is 0 Å². The number of nitrogens with two attached hydrogens (primary N) is 1. The fraction of sp³-hybridized carbons (Fsp3) is 0.462. The number of hydrogen-bond acceptors (Lipinski definition) is 2. The molecule has 0 aliphatic heterocycles. The van der Waals surface area contributed by atoms with E-state index >= 15 is 0 Å². The molecule has 0 fully saturated rings. The molecule has 0 aliphatic carbocycles. The number of carbonyl (C=O) groups is 1. The van der Waals surface area contributed by atoms with Gasteiger partial charge in [0, 0.05) is 21.8 Å². The Morgan fingerprint density at radius 2 is 2.00 bits per heavy atom. The molecule has 0 heterocycles. The average molecular weight is 299 g/mol. The summed E-state index contributed by atoms with van der Waals surface area (Å²) < 4.78 is 0.804. The molecule has 0 aromatic heterocycles. The Bertz CT molecular complexity index is 424. The molecule has 0 aliphatic rings. The minimum absolute atomic E-state index is 0.0383. The lowest BCUT2D eigenvalue weighted by Gasteiger charge is -2.28. The van der Waals surface area contributed by atoms with Gasteiger partial charge >= 0.3 is 0 Å². The maximum absolute atomic E-state index is 12.0. The van der Waals surface area contributed by atoms with E-state index in [2.05, 4.69) is 42.0 Å². The number of halogens is 1. The first kappa shape index (κ1) is 14.0. The van der Waals surface area contributed by atoms with Crippen LogP contribution in [0.25, 0.3) is 0 Å². The Morgan fingerprint density at radius 1 is 1.41 bits per heavy atom. The van der Waals surface area contributed by atoms with Crippen LogP contribution in [0.3, 0.4) is 0 Å². The van der Waals surface area contributed by atoms with E-state index in [1.807, 2.05) is 6.92 Å². The molecule has 0 radical (unpaired) electrons. The second-order valence-electron chi connectivity index (χ2n) is 5.30. The van der Waals surface area contributed by atoms with Gasteiger partial charge in [-0.25, -0.2) is 0 Å². The van der Waals surface area contributed by atoms with Gasteiger partial charge < -0.3 is 11.1 Å². The van der Waals surface area contributed by atoms with E-state index in [9.17, 15) is 4.79 Å². The molecular weight excluding hydrogens is 280 g/mol. The van der Waals surface area contributed by atoms with Gasteiger partial charge in [-0.05, 0) is 46.5 Å². The predicted molar refractivity (Wildman–Crippen MR) is 74.9 cm³/mol. The highest BCUT2D eigenvalue weighted by atomic mass is 79.9. The van der Waals surface area contributed by atoms with Gasteiger partial charge in [-0.15, -0.1) is 0 Å². The predicted octanol–water partition coefficient (Wildman–Crippen LogP) is 3.20. The SMILES string of the molecule is CC(NC(=O)c1ccc(Br)c(N)c1)C(C)(C)C. The highest BCUT2D eigenvalue weighted by Crippen LogP contribution is 2.22. The number of carbonyl (C=O) groups excluding carboxylic acids is 1. The van der Waals surface area contributed by atoms with Crippen molar-refractivity contribution in [3.05, 3.63) is 28.2 Å². The van der Waals surface area contributed by atoms with Crippen LogP contribution in [0.15, 0.2) is 22.7 Å². The summed E-state index contributed by atoms with van der Waals surface area (Å²) >= 11 is 3.30. The molecule has 1 atom stereocenters. The summed E-state index contributed by atoms with van der Waals surface area (Å²) in [7, 11) is 0. The number of rotatable bonds is 2. The van der Waals surface area contributed by atoms with Crippen LogP contribution in [0.1, 0.15) is 38.1 Å². The molecule has 1 rings (SSSR count). The van der Waals surface area contributed by atoms with E-state index < -0.39 is 0 Å². The molecule has 0 spiro atoms. The summed E-state index contributed by atoms with van der Waals surface area (Å²) in [4.78, 5) is 12.0. The van der Waals surface area contributed by atoms with Gasteiger partial charge in [-0.2, -0.15) is 0 Å². The first-order chi connectivity index (χ1) is 7.71. The van der Waals surface area contributed by atoms with Crippen molar-refractivity contribution in [1.29, 1.82) is 0 Å². The maximum Gasteiger partial charge on any atom is 0.251 e. The highest BCUT2D eigenvalue weighted by Gasteiger charge is 2.22. The fourth-order valence-corrected chi connectivity index (χ4v) is 1.43. The molecule has 0 bridgehead atoms. The fourth-order valence-electron chi connectivity index (χ4n) is 1.18. The van der Waals surface area contributed by atoms with Crippen LogP contribution in [0, 0.1) is 5.41 Å². The number of amides is 1. The molecular formula is C13H19BrN2O. The van der Waals surface area contributed by atoms with Crippen molar-refractivity contribution < 1.29 is 4.79 Å². The summed E-state index contributed by atoms with van der Waals surface area (Å²) in [6, 6.07) is 5.31. The van der Waals surface area contributed by atoms with E-state index in [-0.39, 0.29) is 17.4 Å². The van der Waals surface area contributed by atoms with Gasteiger partial charge in [0.05, 0.1) is 0 Å². The Kier molecular flexibility index (Phi) is 4.20. The molecule has 3 N–H and O–H groups in total. The Balaban J connectivity index is 2.80. The lowest BCUT2D eigenvalue weighted by atomic mass is 9.88. The maximum atomic E-state index is 12.0. The van der Waals surface area contributed by atoms with Crippen LogP contribution < -0.4 is 11.1 Å². The average Bonchev–Trinajstić information content (AvgIpc) is 2.20. The molecule has 94 valence electrons. The highest BCUT2D eigenvalue weighted by molar-refractivity contribution is 9.10. The van der Waals surface area contributed by atoms with Crippen LogP contribution in [-0.4, -0.2) is 11.9 Å². The third-order valence-corrected chi connectivity index (χ3v) is 3.63. The Morgan fingerprint density at radius 3 is 2.47 bits per heavy atom. The van der Waals surface area contributed by atoms with Crippen LogP contribution in [-0.2, 0) is 0 Å². The molecule has 17 heavy (non-hydrogen) atoms. The van der Waals surface area contributed by atoms with Crippen molar-refractivity contribution >= 4 is 27.5 Å². The van der Waals surface area contributed by atoms with Gasteiger partial charge in [-0.3, -0.25) is 4.79 Å². The summed E-state index contributed by atoms with van der Waals surface area (Å²) in [5, 5.41) is 2.97. The third-order valence-electron chi connectivity index (χ3n) is 2.90. The zero-order valence-electron chi connectivity index (χ0n) is 10.7. The smallest absolute Gasteiger partial charge is 0.251 e. The van der Waals surface area contributed by atoms with Gasteiger partial charge in [0.25, 0.3) is 5.91 Å². The molecule has 1 aromatic carbocycles. The van der Waals surface area contributed by atoms with Crippen molar-refractivity contribution in [3.8, 4) is 0 Å². The van der Waals surface area contributed by atoms with Crippen molar-refractivity contribution in [2.24, 2.45) is 5.41 Å².